The SMILES string of the molecule is CCCC(C)N(C)CC1CC(C(C)(C)C)CCC1N. The lowest BCUT2D eigenvalue weighted by Crippen LogP contribution is -2.46. The summed E-state index contributed by atoms with van der Waals surface area (Å²) in [5.41, 5.74) is 6.82. The molecule has 114 valence electrons. The minimum Gasteiger partial charge on any atom is -0.327 e. The summed E-state index contributed by atoms with van der Waals surface area (Å²) in [6.07, 6.45) is 6.40. The average Bonchev–Trinajstić information content (AvgIpc) is 2.30. The molecule has 4 unspecified atom stereocenters. The lowest BCUT2D eigenvalue weighted by molar-refractivity contribution is 0.0950. The van der Waals surface area contributed by atoms with E-state index in [1.165, 1.54) is 38.6 Å². The van der Waals surface area contributed by atoms with Crippen LogP contribution < -0.4 is 5.73 Å². The van der Waals surface area contributed by atoms with Crippen molar-refractivity contribution < 1.29 is 0 Å². The molecule has 0 spiro atoms. The molecule has 0 bridgehead atoms. The fourth-order valence-corrected chi connectivity index (χ4v) is 3.47. The molecule has 0 aromatic heterocycles. The van der Waals surface area contributed by atoms with Gasteiger partial charge in [0.2, 0.25) is 0 Å². The summed E-state index contributed by atoms with van der Waals surface area (Å²) in [6, 6.07) is 1.10. The zero-order chi connectivity index (χ0) is 14.6. The molecule has 1 fully saturated rings. The third kappa shape index (κ3) is 5.07. The Labute approximate surface area is 121 Å². The van der Waals surface area contributed by atoms with E-state index in [0.29, 0.717) is 23.4 Å². The summed E-state index contributed by atoms with van der Waals surface area (Å²) in [4.78, 5) is 2.53. The minimum absolute atomic E-state index is 0.412. The Morgan fingerprint density at radius 3 is 2.42 bits per heavy atom. The normalized spacial score (nSPS) is 30.6. The van der Waals surface area contributed by atoms with Crippen LogP contribution in [0.4, 0.5) is 0 Å². The van der Waals surface area contributed by atoms with E-state index in [-0.39, 0.29) is 0 Å². The van der Waals surface area contributed by atoms with Crippen LogP contribution in [0.1, 0.15) is 66.7 Å². The highest BCUT2D eigenvalue weighted by atomic mass is 15.1. The molecular formula is C17H36N2. The number of nitrogens with two attached hydrogens (primary N) is 1. The van der Waals surface area contributed by atoms with E-state index in [9.17, 15) is 0 Å². The van der Waals surface area contributed by atoms with Gasteiger partial charge >= 0.3 is 0 Å². The van der Waals surface area contributed by atoms with Crippen molar-refractivity contribution in [3.63, 3.8) is 0 Å². The largest absolute Gasteiger partial charge is 0.327 e. The summed E-state index contributed by atoms with van der Waals surface area (Å²) in [7, 11) is 2.27. The molecule has 2 heteroatoms. The van der Waals surface area contributed by atoms with Crippen molar-refractivity contribution in [1.29, 1.82) is 0 Å². The molecule has 2 N–H and O–H groups in total. The van der Waals surface area contributed by atoms with Crippen molar-refractivity contribution in [2.75, 3.05) is 13.6 Å². The molecule has 0 heterocycles. The van der Waals surface area contributed by atoms with Crippen LogP contribution in [-0.4, -0.2) is 30.6 Å². The van der Waals surface area contributed by atoms with Crippen LogP contribution in [-0.2, 0) is 0 Å². The first-order valence-corrected chi connectivity index (χ1v) is 8.21. The van der Waals surface area contributed by atoms with Crippen LogP contribution in [0, 0.1) is 17.3 Å². The zero-order valence-electron chi connectivity index (χ0n) is 14.1. The van der Waals surface area contributed by atoms with E-state index in [0.717, 1.165) is 5.92 Å². The first-order valence-electron chi connectivity index (χ1n) is 8.21. The second-order valence-electron chi connectivity index (χ2n) is 7.88. The van der Waals surface area contributed by atoms with Gasteiger partial charge in [-0.3, -0.25) is 0 Å². The van der Waals surface area contributed by atoms with Gasteiger partial charge in [-0.2, -0.15) is 0 Å². The fourth-order valence-electron chi connectivity index (χ4n) is 3.47. The standard InChI is InChI=1S/C17H36N2/c1-7-8-13(2)19(6)12-14-11-15(17(3,4)5)9-10-16(14)18/h13-16H,7-12,18H2,1-6H3. The number of hydrogen-bond acceptors (Lipinski definition) is 2. The molecule has 1 aliphatic carbocycles. The zero-order valence-corrected chi connectivity index (χ0v) is 14.1. The van der Waals surface area contributed by atoms with Crippen molar-refractivity contribution in [2.24, 2.45) is 23.0 Å². The van der Waals surface area contributed by atoms with Gasteiger partial charge in [0.25, 0.3) is 0 Å². The summed E-state index contributed by atoms with van der Waals surface area (Å²) in [5.74, 6) is 1.52. The summed E-state index contributed by atoms with van der Waals surface area (Å²) >= 11 is 0. The lowest BCUT2D eigenvalue weighted by Gasteiger charge is -2.42. The Morgan fingerprint density at radius 1 is 1.26 bits per heavy atom. The molecule has 0 aromatic carbocycles. The average molecular weight is 268 g/mol. The number of rotatable bonds is 5. The molecule has 1 aliphatic rings. The van der Waals surface area contributed by atoms with Crippen LogP contribution in [0.2, 0.25) is 0 Å². The Kier molecular flexibility index (Phi) is 6.32. The Morgan fingerprint density at radius 2 is 1.89 bits per heavy atom. The third-order valence-corrected chi connectivity index (χ3v) is 5.25. The van der Waals surface area contributed by atoms with E-state index >= 15 is 0 Å². The van der Waals surface area contributed by atoms with Crippen LogP contribution in [0.5, 0.6) is 0 Å². The maximum atomic E-state index is 6.38. The molecule has 19 heavy (non-hydrogen) atoms. The fraction of sp³-hybridized carbons (Fsp3) is 1.00. The highest BCUT2D eigenvalue weighted by Gasteiger charge is 2.35. The van der Waals surface area contributed by atoms with E-state index < -0.39 is 0 Å². The van der Waals surface area contributed by atoms with E-state index in [4.69, 9.17) is 5.73 Å². The predicted octanol–water partition coefficient (Wildman–Crippen LogP) is 3.90. The molecular weight excluding hydrogens is 232 g/mol. The summed E-state index contributed by atoms with van der Waals surface area (Å²) in [5, 5.41) is 0. The molecule has 1 rings (SSSR count). The smallest absolute Gasteiger partial charge is 0.00795 e. The molecule has 4 atom stereocenters. The Bertz CT molecular complexity index is 256. The van der Waals surface area contributed by atoms with E-state index in [2.05, 4.69) is 46.6 Å². The van der Waals surface area contributed by atoms with E-state index in [1.54, 1.807) is 0 Å². The Hall–Kier alpha value is -0.0800. The van der Waals surface area contributed by atoms with Crippen LogP contribution in [0.25, 0.3) is 0 Å². The molecule has 0 aliphatic heterocycles. The van der Waals surface area contributed by atoms with Crippen molar-refractivity contribution in [3.05, 3.63) is 0 Å². The number of nitrogens with zero attached hydrogens (tertiary/aromatic N) is 1. The van der Waals surface area contributed by atoms with Gasteiger partial charge in [-0.1, -0.05) is 34.1 Å². The van der Waals surface area contributed by atoms with Crippen LogP contribution in [0.3, 0.4) is 0 Å². The van der Waals surface area contributed by atoms with Crippen LogP contribution in [0.15, 0.2) is 0 Å². The highest BCUT2D eigenvalue weighted by Crippen LogP contribution is 2.40. The minimum atomic E-state index is 0.412. The summed E-state index contributed by atoms with van der Waals surface area (Å²) in [6.45, 7) is 12.9. The predicted molar refractivity (Wildman–Crippen MR) is 85.3 cm³/mol. The first kappa shape index (κ1) is 17.0. The van der Waals surface area contributed by atoms with Crippen molar-refractivity contribution in [1.82, 2.24) is 4.90 Å². The van der Waals surface area contributed by atoms with Crippen molar-refractivity contribution in [3.8, 4) is 0 Å². The Balaban J connectivity index is 2.55. The molecule has 2 nitrogen and oxygen atoms in total. The molecule has 0 saturated heterocycles. The van der Waals surface area contributed by atoms with E-state index in [1.807, 2.05) is 0 Å². The number of hydrogen-bond donors (Lipinski definition) is 1. The molecule has 0 radical (unpaired) electrons. The highest BCUT2D eigenvalue weighted by molar-refractivity contribution is 4.89. The molecule has 0 amide bonds. The quantitative estimate of drug-likeness (QED) is 0.819. The molecule has 0 aromatic rings. The third-order valence-electron chi connectivity index (χ3n) is 5.25. The van der Waals surface area contributed by atoms with Gasteiger partial charge in [0.1, 0.15) is 0 Å². The topological polar surface area (TPSA) is 29.3 Å². The van der Waals surface area contributed by atoms with Crippen molar-refractivity contribution >= 4 is 0 Å². The van der Waals surface area contributed by atoms with Gasteiger partial charge in [0, 0.05) is 18.6 Å². The monoisotopic (exact) mass is 268 g/mol. The second-order valence-corrected chi connectivity index (χ2v) is 7.88. The van der Waals surface area contributed by atoms with Gasteiger partial charge in [-0.05, 0) is 56.9 Å². The van der Waals surface area contributed by atoms with Gasteiger partial charge in [0.15, 0.2) is 0 Å². The maximum absolute atomic E-state index is 6.38. The molecule has 1 saturated carbocycles. The van der Waals surface area contributed by atoms with Gasteiger partial charge in [-0.25, -0.2) is 0 Å². The maximum Gasteiger partial charge on any atom is 0.00795 e. The first-order chi connectivity index (χ1) is 8.75. The lowest BCUT2D eigenvalue weighted by atomic mass is 9.67. The second kappa shape index (κ2) is 7.08. The van der Waals surface area contributed by atoms with Gasteiger partial charge in [-0.15, -0.1) is 0 Å². The van der Waals surface area contributed by atoms with Crippen molar-refractivity contribution in [2.45, 2.75) is 78.8 Å². The van der Waals surface area contributed by atoms with Gasteiger partial charge in [0.05, 0.1) is 0 Å². The van der Waals surface area contributed by atoms with Gasteiger partial charge < -0.3 is 10.6 Å². The van der Waals surface area contributed by atoms with Crippen LogP contribution >= 0.6 is 0 Å². The summed E-state index contributed by atoms with van der Waals surface area (Å²) < 4.78 is 0.